The molecule has 2 atom stereocenters. The number of likely N-dealkylation sites (N-methyl/N-ethyl adjacent to an activating group) is 1. The molecular weight excluding hydrogens is 218 g/mol. The highest BCUT2D eigenvalue weighted by Gasteiger charge is 2.32. The van der Waals surface area contributed by atoms with Gasteiger partial charge in [0.15, 0.2) is 11.7 Å². The van der Waals surface area contributed by atoms with Gasteiger partial charge < -0.3 is 9.73 Å². The number of nitrogens with zero attached hydrogens (tertiary/aromatic N) is 2. The molecule has 0 bridgehead atoms. The predicted octanol–water partition coefficient (Wildman–Crippen LogP) is 1.48. The van der Waals surface area contributed by atoms with E-state index in [1.54, 1.807) is 18.1 Å². The van der Waals surface area contributed by atoms with Crippen molar-refractivity contribution in [1.82, 2.24) is 10.3 Å². The highest BCUT2D eigenvalue weighted by Crippen LogP contribution is 2.24. The van der Waals surface area contributed by atoms with Gasteiger partial charge in [-0.3, -0.25) is 9.69 Å². The third kappa shape index (κ3) is 2.34. The minimum absolute atomic E-state index is 0.0887. The molecule has 0 aromatic carbocycles. The fourth-order valence-electron chi connectivity index (χ4n) is 2.32. The van der Waals surface area contributed by atoms with Crippen molar-refractivity contribution in [2.45, 2.75) is 45.2 Å². The Balaban J connectivity index is 2.30. The van der Waals surface area contributed by atoms with Gasteiger partial charge in [-0.25, -0.2) is 0 Å². The molecule has 5 heteroatoms. The lowest BCUT2D eigenvalue weighted by Crippen LogP contribution is -2.47. The number of anilines is 1. The molecular formula is C12H19N3O2. The Kier molecular flexibility index (Phi) is 3.47. The standard InChI is InChI=1S/C12H19N3O2/c1-8-5-4-6-10(13-3)12(16)15(8)11-7-17-9(2)14-11/h7-8,10,13H,4-6H2,1-3H3. The smallest absolute Gasteiger partial charge is 0.245 e. The Bertz CT molecular complexity index is 402. The van der Waals surface area contributed by atoms with Crippen molar-refractivity contribution >= 4 is 11.7 Å². The number of aryl methyl sites for hydroxylation is 1. The van der Waals surface area contributed by atoms with Crippen LogP contribution in [0.2, 0.25) is 0 Å². The Hall–Kier alpha value is -1.36. The second-order valence-electron chi connectivity index (χ2n) is 4.55. The van der Waals surface area contributed by atoms with Crippen molar-refractivity contribution in [3.05, 3.63) is 12.2 Å². The zero-order valence-corrected chi connectivity index (χ0v) is 10.6. The zero-order chi connectivity index (χ0) is 12.4. The van der Waals surface area contributed by atoms with Crippen LogP contribution >= 0.6 is 0 Å². The van der Waals surface area contributed by atoms with Crippen molar-refractivity contribution in [2.75, 3.05) is 11.9 Å². The summed E-state index contributed by atoms with van der Waals surface area (Å²) in [5.41, 5.74) is 0. The van der Waals surface area contributed by atoms with Crippen LogP contribution in [0.1, 0.15) is 32.1 Å². The van der Waals surface area contributed by atoms with Gasteiger partial charge in [0.05, 0.1) is 6.04 Å². The highest BCUT2D eigenvalue weighted by molar-refractivity contribution is 5.97. The van der Waals surface area contributed by atoms with Crippen molar-refractivity contribution in [3.63, 3.8) is 0 Å². The molecule has 1 aromatic heterocycles. The first kappa shape index (κ1) is 12.1. The summed E-state index contributed by atoms with van der Waals surface area (Å²) in [4.78, 5) is 18.4. The summed E-state index contributed by atoms with van der Waals surface area (Å²) < 4.78 is 5.20. The van der Waals surface area contributed by atoms with E-state index in [2.05, 4.69) is 17.2 Å². The molecule has 2 heterocycles. The number of hydrogen-bond acceptors (Lipinski definition) is 4. The van der Waals surface area contributed by atoms with Gasteiger partial charge in [0.2, 0.25) is 5.91 Å². The lowest BCUT2D eigenvalue weighted by Gasteiger charge is -2.26. The lowest BCUT2D eigenvalue weighted by atomic mass is 10.1. The van der Waals surface area contributed by atoms with Crippen LogP contribution in [0.15, 0.2) is 10.7 Å². The van der Waals surface area contributed by atoms with E-state index in [0.29, 0.717) is 11.7 Å². The van der Waals surface area contributed by atoms with Crippen molar-refractivity contribution < 1.29 is 9.21 Å². The van der Waals surface area contributed by atoms with E-state index in [-0.39, 0.29) is 18.0 Å². The van der Waals surface area contributed by atoms with E-state index in [1.165, 1.54) is 0 Å². The van der Waals surface area contributed by atoms with Gasteiger partial charge in [0.25, 0.3) is 0 Å². The molecule has 2 unspecified atom stereocenters. The number of hydrogen-bond donors (Lipinski definition) is 1. The van der Waals surface area contributed by atoms with Crippen LogP contribution in [-0.4, -0.2) is 30.0 Å². The minimum Gasteiger partial charge on any atom is -0.447 e. The summed E-state index contributed by atoms with van der Waals surface area (Å²) in [5.74, 6) is 1.30. The predicted molar refractivity (Wildman–Crippen MR) is 64.9 cm³/mol. The number of rotatable bonds is 2. The van der Waals surface area contributed by atoms with Gasteiger partial charge in [-0.2, -0.15) is 4.98 Å². The van der Waals surface area contributed by atoms with E-state index in [9.17, 15) is 4.79 Å². The first-order valence-corrected chi connectivity index (χ1v) is 6.06. The van der Waals surface area contributed by atoms with Crippen LogP contribution in [0.25, 0.3) is 0 Å². The minimum atomic E-state index is -0.114. The van der Waals surface area contributed by atoms with E-state index >= 15 is 0 Å². The summed E-state index contributed by atoms with van der Waals surface area (Å²) in [6, 6.07) is 0.0577. The summed E-state index contributed by atoms with van der Waals surface area (Å²) >= 11 is 0. The van der Waals surface area contributed by atoms with Crippen LogP contribution < -0.4 is 10.2 Å². The molecule has 0 aliphatic carbocycles. The van der Waals surface area contributed by atoms with Gasteiger partial charge in [0.1, 0.15) is 6.26 Å². The second kappa shape index (κ2) is 4.87. The summed E-state index contributed by atoms with van der Waals surface area (Å²) in [6.45, 7) is 3.84. The van der Waals surface area contributed by atoms with Crippen molar-refractivity contribution in [2.24, 2.45) is 0 Å². The fourth-order valence-corrected chi connectivity index (χ4v) is 2.32. The molecule has 17 heavy (non-hydrogen) atoms. The third-order valence-electron chi connectivity index (χ3n) is 3.29. The van der Waals surface area contributed by atoms with Gasteiger partial charge in [-0.05, 0) is 33.2 Å². The molecule has 2 rings (SSSR count). The number of aromatic nitrogens is 1. The molecule has 1 aromatic rings. The number of amides is 1. The van der Waals surface area contributed by atoms with Gasteiger partial charge in [-0.1, -0.05) is 0 Å². The number of carbonyl (C=O) groups excluding carboxylic acids is 1. The van der Waals surface area contributed by atoms with Crippen molar-refractivity contribution in [3.8, 4) is 0 Å². The maximum atomic E-state index is 12.4. The van der Waals surface area contributed by atoms with Crippen LogP contribution in [0, 0.1) is 6.92 Å². The maximum Gasteiger partial charge on any atom is 0.245 e. The topological polar surface area (TPSA) is 58.4 Å². The summed E-state index contributed by atoms with van der Waals surface area (Å²) in [5, 5.41) is 3.07. The zero-order valence-electron chi connectivity index (χ0n) is 10.6. The largest absolute Gasteiger partial charge is 0.447 e. The molecule has 1 fully saturated rings. The molecule has 1 aliphatic rings. The third-order valence-corrected chi connectivity index (χ3v) is 3.29. The van der Waals surface area contributed by atoms with Crippen molar-refractivity contribution in [1.29, 1.82) is 0 Å². The highest BCUT2D eigenvalue weighted by atomic mass is 16.3. The molecule has 0 saturated carbocycles. The number of oxazole rings is 1. The molecule has 1 saturated heterocycles. The molecule has 1 amide bonds. The van der Waals surface area contributed by atoms with Gasteiger partial charge >= 0.3 is 0 Å². The number of nitrogens with one attached hydrogen (secondary N) is 1. The van der Waals surface area contributed by atoms with Crippen LogP contribution in [0.5, 0.6) is 0 Å². The second-order valence-corrected chi connectivity index (χ2v) is 4.55. The molecule has 5 nitrogen and oxygen atoms in total. The summed E-state index contributed by atoms with van der Waals surface area (Å²) in [6.07, 6.45) is 4.48. The van der Waals surface area contributed by atoms with E-state index in [1.807, 2.05) is 7.05 Å². The molecule has 1 aliphatic heterocycles. The van der Waals surface area contributed by atoms with E-state index in [0.717, 1.165) is 19.3 Å². The van der Waals surface area contributed by atoms with Gasteiger partial charge in [0, 0.05) is 13.0 Å². The number of carbonyl (C=O) groups is 1. The first-order chi connectivity index (χ1) is 8.13. The Labute approximate surface area is 101 Å². The Morgan fingerprint density at radius 3 is 2.88 bits per heavy atom. The normalized spacial score (nSPS) is 26.1. The summed E-state index contributed by atoms with van der Waals surface area (Å²) in [7, 11) is 1.82. The van der Waals surface area contributed by atoms with Crippen LogP contribution in [0.3, 0.4) is 0 Å². The fraction of sp³-hybridized carbons (Fsp3) is 0.667. The quantitative estimate of drug-likeness (QED) is 0.846. The van der Waals surface area contributed by atoms with Crippen LogP contribution in [-0.2, 0) is 4.79 Å². The molecule has 1 N–H and O–H groups in total. The first-order valence-electron chi connectivity index (χ1n) is 6.06. The average molecular weight is 237 g/mol. The van der Waals surface area contributed by atoms with E-state index < -0.39 is 0 Å². The monoisotopic (exact) mass is 237 g/mol. The lowest BCUT2D eigenvalue weighted by molar-refractivity contribution is -0.120. The Morgan fingerprint density at radius 1 is 1.53 bits per heavy atom. The Morgan fingerprint density at radius 2 is 2.29 bits per heavy atom. The average Bonchev–Trinajstić information content (AvgIpc) is 2.65. The molecule has 0 spiro atoms. The molecule has 0 radical (unpaired) electrons. The SMILES string of the molecule is CNC1CCCC(C)N(c2coc(C)n2)C1=O. The maximum absolute atomic E-state index is 12.4. The van der Waals surface area contributed by atoms with Gasteiger partial charge in [-0.15, -0.1) is 0 Å². The molecule has 94 valence electrons. The van der Waals surface area contributed by atoms with E-state index in [4.69, 9.17) is 4.42 Å². The van der Waals surface area contributed by atoms with Crippen LogP contribution in [0.4, 0.5) is 5.82 Å².